The van der Waals surface area contributed by atoms with Crippen LogP contribution in [-0.4, -0.2) is 41.8 Å². The third kappa shape index (κ3) is 12.7. The van der Waals surface area contributed by atoms with Gasteiger partial charge in [-0.25, -0.2) is 9.59 Å². The zero-order valence-electron chi connectivity index (χ0n) is 14.3. The quantitative estimate of drug-likeness (QED) is 0.337. The summed E-state index contributed by atoms with van der Waals surface area (Å²) in [4.78, 5) is 21.2. The summed E-state index contributed by atoms with van der Waals surface area (Å²) in [5.74, 6) is 0. The lowest BCUT2D eigenvalue weighted by Crippen LogP contribution is -2.44. The third-order valence-corrected chi connectivity index (χ3v) is 10.8. The van der Waals surface area contributed by atoms with Gasteiger partial charge in [0.1, 0.15) is 0 Å². The van der Waals surface area contributed by atoms with Crippen LogP contribution in [-0.2, 0) is 4.12 Å². The number of primary amides is 2. The van der Waals surface area contributed by atoms with Gasteiger partial charge in [-0.05, 0) is 51.1 Å². The van der Waals surface area contributed by atoms with Crippen LogP contribution in [0.5, 0.6) is 0 Å². The molecule has 4 amide bonds. The molecule has 0 aliphatic heterocycles. The van der Waals surface area contributed by atoms with Crippen LogP contribution >= 0.6 is 0 Å². The van der Waals surface area contributed by atoms with Crippen molar-refractivity contribution in [1.29, 1.82) is 0 Å². The second kappa shape index (κ2) is 9.85. The van der Waals surface area contributed by atoms with Crippen LogP contribution in [0, 0.1) is 0 Å². The fourth-order valence-corrected chi connectivity index (χ4v) is 11.4. The molecule has 0 fully saturated rings. The van der Waals surface area contributed by atoms with Gasteiger partial charge in [0.05, 0.1) is 0 Å². The molecule has 0 aliphatic carbocycles. The van der Waals surface area contributed by atoms with Crippen molar-refractivity contribution in [2.24, 2.45) is 11.5 Å². The van der Waals surface area contributed by atoms with Crippen LogP contribution in [0.4, 0.5) is 9.59 Å². The lowest BCUT2D eigenvalue weighted by Gasteiger charge is -2.34. The minimum Gasteiger partial charge on any atom is -0.455 e. The van der Waals surface area contributed by atoms with Crippen molar-refractivity contribution in [3.8, 4) is 0 Å². The number of amides is 4. The molecule has 9 heteroatoms. The molecule has 0 heterocycles. The van der Waals surface area contributed by atoms with Gasteiger partial charge in [0.15, 0.2) is 16.6 Å². The lowest BCUT2D eigenvalue weighted by atomic mass is 10.3. The zero-order valence-corrected chi connectivity index (χ0v) is 16.3. The fourth-order valence-electron chi connectivity index (χ4n) is 2.46. The van der Waals surface area contributed by atoms with Crippen LogP contribution in [0.15, 0.2) is 0 Å². The largest absolute Gasteiger partial charge is 0.455 e. The number of urea groups is 2. The van der Waals surface area contributed by atoms with Gasteiger partial charge in [-0.15, -0.1) is 0 Å². The van der Waals surface area contributed by atoms with E-state index >= 15 is 0 Å². The molecule has 0 aromatic rings. The summed E-state index contributed by atoms with van der Waals surface area (Å²) in [7, 11) is -3.41. The molecule has 6 N–H and O–H groups in total. The molecule has 0 bridgehead atoms. The Hall–Kier alpha value is -1.07. The summed E-state index contributed by atoms with van der Waals surface area (Å²) in [6, 6.07) is 1.14. The van der Waals surface area contributed by atoms with E-state index in [0.29, 0.717) is 13.1 Å². The van der Waals surface area contributed by atoms with Crippen LogP contribution < -0.4 is 22.1 Å². The molecule has 22 heavy (non-hydrogen) atoms. The second-order valence-corrected chi connectivity index (χ2v) is 15.6. The Balaban J connectivity index is 3.98. The first-order chi connectivity index (χ1) is 10.0. The first-order valence-electron chi connectivity index (χ1n) is 7.81. The van der Waals surface area contributed by atoms with E-state index in [9.17, 15) is 9.59 Å². The Kier molecular flexibility index (Phi) is 9.37. The zero-order chi connectivity index (χ0) is 17.2. The van der Waals surface area contributed by atoms with Crippen molar-refractivity contribution < 1.29 is 13.7 Å². The highest BCUT2D eigenvalue weighted by molar-refractivity contribution is 6.84. The van der Waals surface area contributed by atoms with Crippen LogP contribution in [0.1, 0.15) is 19.3 Å². The fraction of sp³-hybridized carbons (Fsp3) is 0.846. The number of unbranched alkanes of at least 4 members (excludes halogenated alkanes) is 1. The summed E-state index contributed by atoms with van der Waals surface area (Å²) in [5, 5.41) is 5.21. The summed E-state index contributed by atoms with van der Waals surface area (Å²) in [6.45, 7) is 10.2. The molecular weight excluding hydrogens is 316 g/mol. The standard InChI is InChI=1S/C13H32N4O3Si2/c1-21(2,10-6-5-8-16-12(14)18)20-22(3,4)11-7-9-17-13(15)19/h5-11H2,1-4H3,(H3,14,16,18)(H3,15,17,19). The molecule has 0 radical (unpaired) electrons. The molecule has 0 spiro atoms. The number of carbonyl (C=O) groups is 2. The van der Waals surface area contributed by atoms with Gasteiger partial charge in [-0.1, -0.05) is 6.42 Å². The molecular formula is C13H32N4O3Si2. The SMILES string of the molecule is C[Si](C)(CCCCNC(N)=O)O[Si](C)(C)CCCNC(N)=O. The number of nitrogens with two attached hydrogens (primary N) is 2. The Morgan fingerprint density at radius 1 is 0.818 bits per heavy atom. The normalized spacial score (nSPS) is 12.0. The molecule has 0 rings (SSSR count). The Bertz CT molecular complexity index is 365. The highest BCUT2D eigenvalue weighted by Gasteiger charge is 2.32. The highest BCUT2D eigenvalue weighted by Crippen LogP contribution is 2.24. The van der Waals surface area contributed by atoms with Gasteiger partial charge in [0.2, 0.25) is 0 Å². The van der Waals surface area contributed by atoms with Crippen molar-refractivity contribution in [3.05, 3.63) is 0 Å². The third-order valence-electron chi connectivity index (χ3n) is 3.31. The number of nitrogens with one attached hydrogen (secondary N) is 2. The molecule has 7 nitrogen and oxygen atoms in total. The molecule has 0 unspecified atom stereocenters. The number of hydrogen-bond donors (Lipinski definition) is 4. The van der Waals surface area contributed by atoms with Crippen molar-refractivity contribution in [2.75, 3.05) is 13.1 Å². The minimum atomic E-state index is -1.72. The maximum absolute atomic E-state index is 10.6. The van der Waals surface area contributed by atoms with Crippen LogP contribution in [0.2, 0.25) is 38.3 Å². The molecule has 0 aliphatic rings. The Morgan fingerprint density at radius 3 is 1.68 bits per heavy atom. The predicted octanol–water partition coefficient (Wildman–Crippen LogP) is 1.92. The first kappa shape index (κ1) is 20.9. The van der Waals surface area contributed by atoms with E-state index in [1.165, 1.54) is 0 Å². The van der Waals surface area contributed by atoms with Crippen molar-refractivity contribution in [3.63, 3.8) is 0 Å². The van der Waals surface area contributed by atoms with Gasteiger partial charge >= 0.3 is 12.1 Å². The second-order valence-electron chi connectivity index (χ2n) is 6.76. The Labute approximate surface area is 135 Å². The topological polar surface area (TPSA) is 119 Å². The van der Waals surface area contributed by atoms with Crippen molar-refractivity contribution >= 4 is 28.7 Å². The summed E-state index contributed by atoms with van der Waals surface area (Å²) in [6.07, 6.45) is 2.86. The summed E-state index contributed by atoms with van der Waals surface area (Å²) in [5.41, 5.74) is 10.1. The van der Waals surface area contributed by atoms with E-state index in [2.05, 4.69) is 36.8 Å². The molecule has 0 aromatic carbocycles. The van der Waals surface area contributed by atoms with Gasteiger partial charge in [-0.3, -0.25) is 0 Å². The van der Waals surface area contributed by atoms with E-state index in [1.807, 2.05) is 0 Å². The van der Waals surface area contributed by atoms with Gasteiger partial charge in [-0.2, -0.15) is 0 Å². The molecule has 0 aromatic heterocycles. The average Bonchev–Trinajstić information content (AvgIpc) is 2.32. The van der Waals surface area contributed by atoms with Gasteiger partial charge in [0.25, 0.3) is 0 Å². The van der Waals surface area contributed by atoms with Gasteiger partial charge < -0.3 is 26.2 Å². The van der Waals surface area contributed by atoms with Crippen molar-refractivity contribution in [1.82, 2.24) is 10.6 Å². The molecule has 0 atom stereocenters. The maximum atomic E-state index is 10.6. The van der Waals surface area contributed by atoms with E-state index in [-0.39, 0.29) is 0 Å². The number of hydrogen-bond acceptors (Lipinski definition) is 3. The smallest absolute Gasteiger partial charge is 0.312 e. The monoisotopic (exact) mass is 348 g/mol. The molecule has 0 saturated carbocycles. The average molecular weight is 349 g/mol. The number of carbonyl (C=O) groups excluding carboxylic acids is 2. The van der Waals surface area contributed by atoms with Crippen LogP contribution in [0.25, 0.3) is 0 Å². The molecule has 130 valence electrons. The van der Waals surface area contributed by atoms with E-state index in [0.717, 1.165) is 31.4 Å². The highest BCUT2D eigenvalue weighted by atomic mass is 28.4. The van der Waals surface area contributed by atoms with E-state index < -0.39 is 28.7 Å². The molecule has 0 saturated heterocycles. The summed E-state index contributed by atoms with van der Waals surface area (Å²) < 4.78 is 6.48. The van der Waals surface area contributed by atoms with Crippen molar-refractivity contribution in [2.45, 2.75) is 57.5 Å². The lowest BCUT2D eigenvalue weighted by molar-refractivity contribution is 0.248. The van der Waals surface area contributed by atoms with E-state index in [1.54, 1.807) is 0 Å². The maximum Gasteiger partial charge on any atom is 0.312 e. The first-order valence-corrected chi connectivity index (χ1v) is 14.0. The Morgan fingerprint density at radius 2 is 1.23 bits per heavy atom. The summed E-state index contributed by atoms with van der Waals surface area (Å²) >= 11 is 0. The van der Waals surface area contributed by atoms with E-state index in [4.69, 9.17) is 15.6 Å². The van der Waals surface area contributed by atoms with Crippen LogP contribution in [0.3, 0.4) is 0 Å². The predicted molar refractivity (Wildman–Crippen MR) is 94.7 cm³/mol. The van der Waals surface area contributed by atoms with Gasteiger partial charge in [0, 0.05) is 13.1 Å². The number of rotatable bonds is 11. The minimum absolute atomic E-state index is 0.467.